The van der Waals surface area contributed by atoms with Gasteiger partial charge in [-0.3, -0.25) is 0 Å². The molecule has 0 saturated heterocycles. The summed E-state index contributed by atoms with van der Waals surface area (Å²) in [7, 11) is 3.36. The van der Waals surface area contributed by atoms with Crippen LogP contribution in [0.5, 0.6) is 11.5 Å². The van der Waals surface area contributed by atoms with Crippen molar-refractivity contribution < 1.29 is 14.2 Å². The zero-order valence-corrected chi connectivity index (χ0v) is 11.4. The van der Waals surface area contributed by atoms with E-state index in [4.69, 9.17) is 14.2 Å². The molecule has 0 aliphatic rings. The Morgan fingerprint density at radius 3 is 2.56 bits per heavy atom. The lowest BCUT2D eigenvalue weighted by atomic mass is 10.3. The van der Waals surface area contributed by atoms with Crippen LogP contribution in [-0.4, -0.2) is 40.0 Å². The van der Waals surface area contributed by atoms with Crippen molar-refractivity contribution in [2.45, 2.75) is 19.4 Å². The summed E-state index contributed by atoms with van der Waals surface area (Å²) in [5.74, 6) is 1.55. The molecule has 1 aromatic carbocycles. The third-order valence-corrected chi connectivity index (χ3v) is 2.53. The fourth-order valence-corrected chi connectivity index (χ4v) is 1.62. The number of rotatable bonds is 9. The molecule has 4 heteroatoms. The SMILES string of the molecule is COCCCNCC(C)Oc1ccccc1OC. The number of hydrogen-bond donors (Lipinski definition) is 1. The maximum Gasteiger partial charge on any atom is 0.161 e. The van der Waals surface area contributed by atoms with Gasteiger partial charge in [-0.25, -0.2) is 0 Å². The van der Waals surface area contributed by atoms with E-state index in [1.807, 2.05) is 31.2 Å². The fourth-order valence-electron chi connectivity index (χ4n) is 1.62. The van der Waals surface area contributed by atoms with Gasteiger partial charge in [0.15, 0.2) is 11.5 Å². The highest BCUT2D eigenvalue weighted by molar-refractivity contribution is 5.39. The van der Waals surface area contributed by atoms with Crippen LogP contribution in [0, 0.1) is 0 Å². The number of ether oxygens (including phenoxy) is 3. The zero-order chi connectivity index (χ0) is 13.2. The van der Waals surface area contributed by atoms with Crippen LogP contribution in [0.2, 0.25) is 0 Å². The quantitative estimate of drug-likeness (QED) is 0.684. The van der Waals surface area contributed by atoms with E-state index in [0.29, 0.717) is 0 Å². The largest absolute Gasteiger partial charge is 0.493 e. The summed E-state index contributed by atoms with van der Waals surface area (Å²) < 4.78 is 16.1. The minimum absolute atomic E-state index is 0.101. The first kappa shape index (κ1) is 14.8. The summed E-state index contributed by atoms with van der Waals surface area (Å²) in [5.41, 5.74) is 0. The van der Waals surface area contributed by atoms with Gasteiger partial charge in [0, 0.05) is 20.3 Å². The lowest BCUT2D eigenvalue weighted by molar-refractivity contribution is 0.186. The Bertz CT molecular complexity index is 331. The van der Waals surface area contributed by atoms with Gasteiger partial charge >= 0.3 is 0 Å². The van der Waals surface area contributed by atoms with Crippen LogP contribution in [0.15, 0.2) is 24.3 Å². The highest BCUT2D eigenvalue weighted by Gasteiger charge is 2.07. The lowest BCUT2D eigenvalue weighted by Gasteiger charge is -2.17. The van der Waals surface area contributed by atoms with Gasteiger partial charge in [-0.1, -0.05) is 12.1 Å². The van der Waals surface area contributed by atoms with E-state index in [2.05, 4.69) is 5.32 Å². The van der Waals surface area contributed by atoms with Crippen LogP contribution in [0.4, 0.5) is 0 Å². The highest BCUT2D eigenvalue weighted by atomic mass is 16.5. The molecule has 0 spiro atoms. The molecule has 1 aromatic rings. The van der Waals surface area contributed by atoms with Crippen molar-refractivity contribution in [2.24, 2.45) is 0 Å². The first-order valence-corrected chi connectivity index (χ1v) is 6.27. The van der Waals surface area contributed by atoms with E-state index >= 15 is 0 Å². The van der Waals surface area contributed by atoms with Crippen molar-refractivity contribution in [3.63, 3.8) is 0 Å². The van der Waals surface area contributed by atoms with Crippen molar-refractivity contribution in [1.29, 1.82) is 0 Å². The molecule has 1 unspecified atom stereocenters. The third kappa shape index (κ3) is 5.38. The minimum atomic E-state index is 0.101. The van der Waals surface area contributed by atoms with E-state index in [1.165, 1.54) is 0 Å². The van der Waals surface area contributed by atoms with Gasteiger partial charge in [0.25, 0.3) is 0 Å². The second kappa shape index (κ2) is 8.78. The summed E-state index contributed by atoms with van der Waals surface area (Å²) in [6.07, 6.45) is 1.11. The van der Waals surface area contributed by atoms with E-state index in [0.717, 1.165) is 37.6 Å². The summed E-state index contributed by atoms with van der Waals surface area (Å²) in [4.78, 5) is 0. The Balaban J connectivity index is 2.28. The maximum atomic E-state index is 5.82. The topological polar surface area (TPSA) is 39.7 Å². The summed E-state index contributed by atoms with van der Waals surface area (Å²) in [6.45, 7) is 4.57. The van der Waals surface area contributed by atoms with Crippen LogP contribution < -0.4 is 14.8 Å². The predicted molar refractivity (Wildman–Crippen MR) is 72.4 cm³/mol. The number of para-hydroxylation sites is 2. The Morgan fingerprint density at radius 2 is 1.89 bits per heavy atom. The van der Waals surface area contributed by atoms with Gasteiger partial charge in [0.1, 0.15) is 6.10 Å². The van der Waals surface area contributed by atoms with Crippen molar-refractivity contribution >= 4 is 0 Å². The van der Waals surface area contributed by atoms with Crippen LogP contribution in [-0.2, 0) is 4.74 Å². The number of benzene rings is 1. The van der Waals surface area contributed by atoms with Crippen molar-refractivity contribution in [3.8, 4) is 11.5 Å². The van der Waals surface area contributed by atoms with E-state index in [-0.39, 0.29) is 6.10 Å². The molecule has 0 heterocycles. The first-order valence-electron chi connectivity index (χ1n) is 6.27. The van der Waals surface area contributed by atoms with Gasteiger partial charge < -0.3 is 19.5 Å². The Hall–Kier alpha value is -1.26. The van der Waals surface area contributed by atoms with Crippen molar-refractivity contribution in [2.75, 3.05) is 33.9 Å². The van der Waals surface area contributed by atoms with Crippen molar-refractivity contribution in [3.05, 3.63) is 24.3 Å². The molecule has 0 radical (unpaired) electrons. The molecule has 1 atom stereocenters. The molecule has 0 saturated carbocycles. The van der Waals surface area contributed by atoms with Gasteiger partial charge in [-0.15, -0.1) is 0 Å². The van der Waals surface area contributed by atoms with Gasteiger partial charge in [-0.05, 0) is 32.0 Å². The summed E-state index contributed by atoms with van der Waals surface area (Å²) >= 11 is 0. The summed E-state index contributed by atoms with van der Waals surface area (Å²) in [6, 6.07) is 7.68. The number of hydrogen-bond acceptors (Lipinski definition) is 4. The molecule has 1 rings (SSSR count). The third-order valence-electron chi connectivity index (χ3n) is 2.53. The molecule has 0 aromatic heterocycles. The average Bonchev–Trinajstić information content (AvgIpc) is 2.39. The number of nitrogens with one attached hydrogen (secondary N) is 1. The zero-order valence-electron chi connectivity index (χ0n) is 11.4. The number of methoxy groups -OCH3 is 2. The standard InChI is InChI=1S/C14H23NO3/c1-12(11-15-9-6-10-16-2)18-14-8-5-4-7-13(14)17-3/h4-5,7-8,12,15H,6,9-11H2,1-3H3. The molecule has 0 aliphatic heterocycles. The molecule has 0 amide bonds. The second-order valence-corrected chi connectivity index (χ2v) is 4.13. The second-order valence-electron chi connectivity index (χ2n) is 4.13. The smallest absolute Gasteiger partial charge is 0.161 e. The molecule has 18 heavy (non-hydrogen) atoms. The summed E-state index contributed by atoms with van der Waals surface area (Å²) in [5, 5.41) is 3.33. The van der Waals surface area contributed by atoms with Crippen LogP contribution in [0.25, 0.3) is 0 Å². The fraction of sp³-hybridized carbons (Fsp3) is 0.571. The lowest BCUT2D eigenvalue weighted by Crippen LogP contribution is -2.30. The maximum absolute atomic E-state index is 5.82. The first-order chi connectivity index (χ1) is 8.77. The van der Waals surface area contributed by atoms with Crippen LogP contribution in [0.3, 0.4) is 0 Å². The molecule has 102 valence electrons. The van der Waals surface area contributed by atoms with E-state index < -0.39 is 0 Å². The predicted octanol–water partition coefficient (Wildman–Crippen LogP) is 2.09. The molecule has 1 N–H and O–H groups in total. The van der Waals surface area contributed by atoms with Gasteiger partial charge in [0.2, 0.25) is 0 Å². The molecular formula is C14H23NO3. The molecule has 0 bridgehead atoms. The average molecular weight is 253 g/mol. The van der Waals surface area contributed by atoms with E-state index in [1.54, 1.807) is 14.2 Å². The molecule has 0 aliphatic carbocycles. The van der Waals surface area contributed by atoms with Crippen LogP contribution >= 0.6 is 0 Å². The van der Waals surface area contributed by atoms with Gasteiger partial charge in [-0.2, -0.15) is 0 Å². The molecule has 0 fully saturated rings. The minimum Gasteiger partial charge on any atom is -0.493 e. The Labute approximate surface area is 109 Å². The van der Waals surface area contributed by atoms with Crippen LogP contribution in [0.1, 0.15) is 13.3 Å². The Kier molecular flexibility index (Phi) is 7.22. The van der Waals surface area contributed by atoms with E-state index in [9.17, 15) is 0 Å². The van der Waals surface area contributed by atoms with Gasteiger partial charge in [0.05, 0.1) is 7.11 Å². The highest BCUT2D eigenvalue weighted by Crippen LogP contribution is 2.26. The van der Waals surface area contributed by atoms with Crippen molar-refractivity contribution in [1.82, 2.24) is 5.32 Å². The monoisotopic (exact) mass is 253 g/mol. The normalized spacial score (nSPS) is 12.2. The molecule has 4 nitrogen and oxygen atoms in total. The Morgan fingerprint density at radius 1 is 1.17 bits per heavy atom. The molecular weight excluding hydrogens is 230 g/mol.